The van der Waals surface area contributed by atoms with Gasteiger partial charge in [0.25, 0.3) is 0 Å². The Balaban J connectivity index is 2.16. The molecule has 0 aliphatic heterocycles. The van der Waals surface area contributed by atoms with Gasteiger partial charge < -0.3 is 14.4 Å². The summed E-state index contributed by atoms with van der Waals surface area (Å²) >= 11 is 0. The third kappa shape index (κ3) is 2.76. The molecule has 2 rings (SSSR count). The quantitative estimate of drug-likeness (QED) is 0.897. The Labute approximate surface area is 111 Å². The summed E-state index contributed by atoms with van der Waals surface area (Å²) in [6.07, 6.45) is 1.55. The van der Waals surface area contributed by atoms with Crippen molar-refractivity contribution in [2.24, 2.45) is 0 Å². The number of para-hydroxylation sites is 1. The molecule has 2 aromatic rings. The summed E-state index contributed by atoms with van der Waals surface area (Å²) in [4.78, 5) is 14.9. The van der Waals surface area contributed by atoms with Gasteiger partial charge in [-0.1, -0.05) is 18.2 Å². The number of carboxylic acids is 1. The molecule has 19 heavy (non-hydrogen) atoms. The minimum atomic E-state index is -1.02. The number of imidazole rings is 1. The fourth-order valence-corrected chi connectivity index (χ4v) is 1.92. The van der Waals surface area contributed by atoms with E-state index in [4.69, 9.17) is 9.84 Å². The highest BCUT2D eigenvalue weighted by atomic mass is 16.5. The van der Waals surface area contributed by atoms with E-state index in [1.807, 2.05) is 38.1 Å². The van der Waals surface area contributed by atoms with E-state index in [9.17, 15) is 4.79 Å². The smallest absolute Gasteiger partial charge is 0.372 e. The Kier molecular flexibility index (Phi) is 3.85. The summed E-state index contributed by atoms with van der Waals surface area (Å²) in [7, 11) is 0. The molecular weight excluding hydrogens is 244 g/mol. The summed E-state index contributed by atoms with van der Waals surface area (Å²) < 4.78 is 7.34. The van der Waals surface area contributed by atoms with E-state index in [1.165, 1.54) is 0 Å². The average molecular weight is 260 g/mol. The highest BCUT2D eigenvalue weighted by molar-refractivity contribution is 5.83. The van der Waals surface area contributed by atoms with Crippen LogP contribution in [0.3, 0.4) is 0 Å². The number of carboxylic acid groups (broad SMARTS) is 1. The molecule has 5 heteroatoms. The molecule has 0 radical (unpaired) electrons. The second kappa shape index (κ2) is 5.56. The maximum Gasteiger partial charge on any atom is 0.372 e. The molecule has 5 nitrogen and oxygen atoms in total. The Bertz CT molecular complexity index is 590. The first-order valence-corrected chi connectivity index (χ1v) is 6.09. The van der Waals surface area contributed by atoms with E-state index in [0.29, 0.717) is 13.2 Å². The summed E-state index contributed by atoms with van der Waals surface area (Å²) in [5.74, 6) is -0.182. The monoisotopic (exact) mass is 260 g/mol. The Hall–Kier alpha value is -2.30. The molecule has 1 aromatic heterocycles. The number of aromatic nitrogens is 2. The van der Waals surface area contributed by atoms with E-state index < -0.39 is 5.97 Å². The second-order valence-electron chi connectivity index (χ2n) is 4.18. The second-order valence-corrected chi connectivity index (χ2v) is 4.18. The lowest BCUT2D eigenvalue weighted by Crippen LogP contribution is -2.12. The zero-order valence-electron chi connectivity index (χ0n) is 11.0. The molecule has 0 aliphatic carbocycles. The molecular formula is C14H16N2O3. The number of hydrogen-bond acceptors (Lipinski definition) is 3. The number of benzene rings is 1. The normalized spacial score (nSPS) is 10.4. The van der Waals surface area contributed by atoms with Crippen molar-refractivity contribution in [1.29, 1.82) is 0 Å². The van der Waals surface area contributed by atoms with Gasteiger partial charge in [0.2, 0.25) is 5.82 Å². The van der Waals surface area contributed by atoms with Gasteiger partial charge in [-0.15, -0.1) is 0 Å². The minimum absolute atomic E-state index is 0.0471. The van der Waals surface area contributed by atoms with Gasteiger partial charge >= 0.3 is 5.97 Å². The van der Waals surface area contributed by atoms with E-state index in [-0.39, 0.29) is 5.82 Å². The summed E-state index contributed by atoms with van der Waals surface area (Å²) in [5, 5.41) is 9.02. The Morgan fingerprint density at radius 1 is 1.42 bits per heavy atom. The number of nitrogens with zero attached hydrogens (tertiary/aromatic N) is 2. The van der Waals surface area contributed by atoms with Crippen molar-refractivity contribution in [2.45, 2.75) is 27.0 Å². The molecule has 1 heterocycles. The van der Waals surface area contributed by atoms with Crippen LogP contribution in [0.1, 0.15) is 28.8 Å². The maximum atomic E-state index is 11.0. The SMILES string of the molecule is CCn1c(COc2ccccc2C)cnc1C(=O)O. The van der Waals surface area contributed by atoms with Gasteiger partial charge in [-0.2, -0.15) is 0 Å². The van der Waals surface area contributed by atoms with Gasteiger partial charge in [0.15, 0.2) is 0 Å². The summed E-state index contributed by atoms with van der Waals surface area (Å²) in [6.45, 7) is 4.70. The van der Waals surface area contributed by atoms with Crippen molar-refractivity contribution in [1.82, 2.24) is 9.55 Å². The van der Waals surface area contributed by atoms with Crippen LogP contribution in [0.15, 0.2) is 30.5 Å². The number of carbonyl (C=O) groups is 1. The molecule has 0 saturated carbocycles. The van der Waals surface area contributed by atoms with Crippen LogP contribution in [-0.2, 0) is 13.2 Å². The Morgan fingerprint density at radius 3 is 2.79 bits per heavy atom. The fraction of sp³-hybridized carbons (Fsp3) is 0.286. The predicted octanol–water partition coefficient (Wildman–Crippen LogP) is 2.49. The largest absolute Gasteiger partial charge is 0.487 e. The van der Waals surface area contributed by atoms with E-state index in [0.717, 1.165) is 17.0 Å². The zero-order chi connectivity index (χ0) is 13.8. The highest BCUT2D eigenvalue weighted by Gasteiger charge is 2.15. The van der Waals surface area contributed by atoms with E-state index in [2.05, 4.69) is 4.98 Å². The first-order chi connectivity index (χ1) is 9.13. The molecule has 1 N–H and O–H groups in total. The van der Waals surface area contributed by atoms with Crippen molar-refractivity contribution in [3.8, 4) is 5.75 Å². The molecule has 0 saturated heterocycles. The first-order valence-electron chi connectivity index (χ1n) is 6.09. The lowest BCUT2D eigenvalue weighted by atomic mass is 10.2. The molecule has 0 fully saturated rings. The molecule has 1 aromatic carbocycles. The average Bonchev–Trinajstić information content (AvgIpc) is 2.81. The van der Waals surface area contributed by atoms with Crippen LogP contribution in [0, 0.1) is 6.92 Å². The van der Waals surface area contributed by atoms with E-state index >= 15 is 0 Å². The van der Waals surface area contributed by atoms with Crippen LogP contribution < -0.4 is 4.74 Å². The molecule has 0 unspecified atom stereocenters. The lowest BCUT2D eigenvalue weighted by molar-refractivity contribution is 0.0677. The molecule has 0 spiro atoms. The molecule has 0 bridgehead atoms. The van der Waals surface area contributed by atoms with Gasteiger partial charge in [0, 0.05) is 6.54 Å². The van der Waals surface area contributed by atoms with Crippen molar-refractivity contribution in [3.05, 3.63) is 47.5 Å². The van der Waals surface area contributed by atoms with Gasteiger partial charge in [-0.25, -0.2) is 9.78 Å². The molecule has 0 atom stereocenters. The van der Waals surface area contributed by atoms with E-state index in [1.54, 1.807) is 10.8 Å². The van der Waals surface area contributed by atoms with Crippen LogP contribution in [0.2, 0.25) is 0 Å². The topological polar surface area (TPSA) is 64.4 Å². The Morgan fingerprint density at radius 2 is 2.16 bits per heavy atom. The van der Waals surface area contributed by atoms with Crippen LogP contribution in [0.4, 0.5) is 0 Å². The minimum Gasteiger partial charge on any atom is -0.487 e. The lowest BCUT2D eigenvalue weighted by Gasteiger charge is -2.10. The van der Waals surface area contributed by atoms with Crippen molar-refractivity contribution >= 4 is 5.97 Å². The summed E-state index contributed by atoms with van der Waals surface area (Å²) in [5.41, 5.74) is 1.80. The zero-order valence-corrected chi connectivity index (χ0v) is 11.0. The first kappa shape index (κ1) is 13.1. The van der Waals surface area contributed by atoms with Gasteiger partial charge in [0.1, 0.15) is 12.4 Å². The third-order valence-electron chi connectivity index (χ3n) is 2.91. The summed E-state index contributed by atoms with van der Waals surface area (Å²) in [6, 6.07) is 7.71. The fourth-order valence-electron chi connectivity index (χ4n) is 1.92. The highest BCUT2D eigenvalue weighted by Crippen LogP contribution is 2.18. The molecule has 0 aliphatic rings. The van der Waals surface area contributed by atoms with Crippen molar-refractivity contribution in [2.75, 3.05) is 0 Å². The van der Waals surface area contributed by atoms with Crippen LogP contribution in [0.25, 0.3) is 0 Å². The number of aromatic carboxylic acids is 1. The van der Waals surface area contributed by atoms with Crippen molar-refractivity contribution < 1.29 is 14.6 Å². The third-order valence-corrected chi connectivity index (χ3v) is 2.91. The molecule has 0 amide bonds. The maximum absolute atomic E-state index is 11.0. The van der Waals surface area contributed by atoms with Crippen LogP contribution in [-0.4, -0.2) is 20.6 Å². The number of hydrogen-bond donors (Lipinski definition) is 1. The van der Waals surface area contributed by atoms with Crippen LogP contribution in [0.5, 0.6) is 5.75 Å². The van der Waals surface area contributed by atoms with Gasteiger partial charge in [-0.3, -0.25) is 0 Å². The van der Waals surface area contributed by atoms with Gasteiger partial charge in [0.05, 0.1) is 11.9 Å². The van der Waals surface area contributed by atoms with Gasteiger partial charge in [-0.05, 0) is 25.5 Å². The standard InChI is InChI=1S/C14H16N2O3/c1-3-16-11(8-15-13(16)14(17)18)9-19-12-7-5-4-6-10(12)2/h4-8H,3,9H2,1-2H3,(H,17,18). The van der Waals surface area contributed by atoms with Crippen LogP contribution >= 0.6 is 0 Å². The number of aryl methyl sites for hydroxylation is 1. The number of ether oxygens (including phenoxy) is 1. The predicted molar refractivity (Wildman–Crippen MR) is 70.4 cm³/mol. The van der Waals surface area contributed by atoms with Crippen molar-refractivity contribution in [3.63, 3.8) is 0 Å². The molecule has 100 valence electrons. The number of rotatable bonds is 5.